The monoisotopic (exact) mass is 389 g/mol. The Morgan fingerprint density at radius 3 is 2.71 bits per heavy atom. The maximum Gasteiger partial charge on any atom is 0.308 e. The second-order valence-electron chi connectivity index (χ2n) is 7.05. The summed E-state index contributed by atoms with van der Waals surface area (Å²) in [5.74, 6) is -2.02. The van der Waals surface area contributed by atoms with E-state index in [1.54, 1.807) is 32.3 Å². The topological polar surface area (TPSA) is 107 Å². The second-order valence-corrected chi connectivity index (χ2v) is 7.05. The van der Waals surface area contributed by atoms with Crippen molar-refractivity contribution in [2.75, 3.05) is 33.7 Å². The SMILES string of the molecule is CNC(=O)c1cccc(CCC(=O)N(C)CC(=O)N2CCCC(C(=O)O)C2)c1. The van der Waals surface area contributed by atoms with Crippen molar-refractivity contribution in [2.24, 2.45) is 5.92 Å². The van der Waals surface area contributed by atoms with Crippen molar-refractivity contribution in [3.8, 4) is 0 Å². The average molecular weight is 389 g/mol. The van der Waals surface area contributed by atoms with Crippen molar-refractivity contribution < 1.29 is 24.3 Å². The van der Waals surface area contributed by atoms with E-state index in [9.17, 15) is 19.2 Å². The molecule has 1 saturated heterocycles. The molecular weight excluding hydrogens is 362 g/mol. The third kappa shape index (κ3) is 5.80. The summed E-state index contributed by atoms with van der Waals surface area (Å²) in [6, 6.07) is 7.08. The van der Waals surface area contributed by atoms with Crippen LogP contribution < -0.4 is 5.32 Å². The van der Waals surface area contributed by atoms with Crippen LogP contribution in [-0.4, -0.2) is 72.3 Å². The normalized spacial score (nSPS) is 16.4. The predicted molar refractivity (Wildman–Crippen MR) is 103 cm³/mol. The Kier molecular flexibility index (Phi) is 7.54. The van der Waals surface area contributed by atoms with Gasteiger partial charge in [0.2, 0.25) is 11.8 Å². The smallest absolute Gasteiger partial charge is 0.308 e. The van der Waals surface area contributed by atoms with Crippen molar-refractivity contribution in [3.63, 3.8) is 0 Å². The fourth-order valence-electron chi connectivity index (χ4n) is 3.25. The highest BCUT2D eigenvalue weighted by atomic mass is 16.4. The molecule has 1 aliphatic rings. The number of nitrogens with one attached hydrogen (secondary N) is 1. The van der Waals surface area contributed by atoms with Crippen LogP contribution in [0.25, 0.3) is 0 Å². The highest BCUT2D eigenvalue weighted by Crippen LogP contribution is 2.17. The molecule has 2 rings (SSSR count). The van der Waals surface area contributed by atoms with Crippen LogP contribution in [0.2, 0.25) is 0 Å². The van der Waals surface area contributed by atoms with Gasteiger partial charge in [-0.3, -0.25) is 19.2 Å². The lowest BCUT2D eigenvalue weighted by molar-refractivity contribution is -0.147. The third-order valence-electron chi connectivity index (χ3n) is 4.97. The van der Waals surface area contributed by atoms with E-state index in [1.165, 1.54) is 9.80 Å². The van der Waals surface area contributed by atoms with E-state index in [2.05, 4.69) is 5.32 Å². The predicted octanol–water partition coefficient (Wildman–Crippen LogP) is 0.760. The number of hydrogen-bond acceptors (Lipinski definition) is 4. The number of carboxylic acid groups (broad SMARTS) is 1. The maximum absolute atomic E-state index is 12.4. The lowest BCUT2D eigenvalue weighted by atomic mass is 9.98. The van der Waals surface area contributed by atoms with Gasteiger partial charge in [-0.1, -0.05) is 12.1 Å². The van der Waals surface area contributed by atoms with Crippen molar-refractivity contribution in [3.05, 3.63) is 35.4 Å². The van der Waals surface area contributed by atoms with E-state index >= 15 is 0 Å². The van der Waals surface area contributed by atoms with Gasteiger partial charge in [-0.25, -0.2) is 0 Å². The maximum atomic E-state index is 12.4. The molecule has 8 nitrogen and oxygen atoms in total. The number of hydrogen-bond donors (Lipinski definition) is 2. The quantitative estimate of drug-likeness (QED) is 0.716. The molecule has 1 aromatic rings. The van der Waals surface area contributed by atoms with Gasteiger partial charge in [0.15, 0.2) is 0 Å². The van der Waals surface area contributed by atoms with Crippen LogP contribution >= 0.6 is 0 Å². The molecule has 1 fully saturated rings. The first-order valence-corrected chi connectivity index (χ1v) is 9.37. The molecule has 0 radical (unpaired) electrons. The summed E-state index contributed by atoms with van der Waals surface area (Å²) in [7, 11) is 3.13. The van der Waals surface area contributed by atoms with Crippen LogP contribution in [0.15, 0.2) is 24.3 Å². The number of benzene rings is 1. The van der Waals surface area contributed by atoms with Crippen LogP contribution in [0.5, 0.6) is 0 Å². The molecular formula is C20H27N3O5. The number of rotatable bonds is 7. The molecule has 1 atom stereocenters. The molecule has 0 bridgehead atoms. The Morgan fingerprint density at radius 2 is 2.04 bits per heavy atom. The van der Waals surface area contributed by atoms with Crippen LogP contribution in [0.3, 0.4) is 0 Å². The molecule has 3 amide bonds. The largest absolute Gasteiger partial charge is 0.481 e. The molecule has 2 N–H and O–H groups in total. The number of carboxylic acids is 1. The van der Waals surface area contributed by atoms with Gasteiger partial charge in [-0.2, -0.15) is 0 Å². The zero-order valence-electron chi connectivity index (χ0n) is 16.3. The summed E-state index contributed by atoms with van der Waals surface area (Å²) in [5, 5.41) is 11.7. The minimum atomic E-state index is -0.888. The van der Waals surface area contributed by atoms with Crippen molar-refractivity contribution in [1.82, 2.24) is 15.1 Å². The summed E-state index contributed by atoms with van der Waals surface area (Å²) >= 11 is 0. The van der Waals surface area contributed by atoms with Crippen LogP contribution in [0, 0.1) is 5.92 Å². The van der Waals surface area contributed by atoms with Gasteiger partial charge in [0.05, 0.1) is 12.5 Å². The summed E-state index contributed by atoms with van der Waals surface area (Å²) in [6.07, 6.45) is 1.91. The Labute approximate surface area is 164 Å². The number of aliphatic carboxylic acids is 1. The number of nitrogens with zero attached hydrogens (tertiary/aromatic N) is 2. The first-order chi connectivity index (χ1) is 13.3. The molecule has 1 heterocycles. The summed E-state index contributed by atoms with van der Waals surface area (Å²) in [6.45, 7) is 0.656. The van der Waals surface area contributed by atoms with E-state index in [4.69, 9.17) is 5.11 Å². The minimum absolute atomic E-state index is 0.0660. The van der Waals surface area contributed by atoms with Gasteiger partial charge in [0, 0.05) is 39.2 Å². The number of aryl methyl sites for hydroxylation is 1. The highest BCUT2D eigenvalue weighted by molar-refractivity contribution is 5.94. The molecule has 0 saturated carbocycles. The fourth-order valence-corrected chi connectivity index (χ4v) is 3.25. The van der Waals surface area contributed by atoms with E-state index in [-0.39, 0.29) is 37.2 Å². The van der Waals surface area contributed by atoms with Gasteiger partial charge in [-0.05, 0) is 37.0 Å². The molecule has 152 valence electrons. The van der Waals surface area contributed by atoms with Crippen LogP contribution in [0.4, 0.5) is 0 Å². The lowest BCUT2D eigenvalue weighted by Gasteiger charge is -2.32. The zero-order chi connectivity index (χ0) is 20.7. The third-order valence-corrected chi connectivity index (χ3v) is 4.97. The van der Waals surface area contributed by atoms with Crippen molar-refractivity contribution in [1.29, 1.82) is 0 Å². The Hall–Kier alpha value is -2.90. The van der Waals surface area contributed by atoms with Gasteiger partial charge in [0.25, 0.3) is 5.91 Å². The first-order valence-electron chi connectivity index (χ1n) is 9.37. The molecule has 28 heavy (non-hydrogen) atoms. The van der Waals surface area contributed by atoms with Gasteiger partial charge in [0.1, 0.15) is 0 Å². The Bertz CT molecular complexity index is 749. The van der Waals surface area contributed by atoms with E-state index in [1.807, 2.05) is 6.07 Å². The van der Waals surface area contributed by atoms with Crippen LogP contribution in [0.1, 0.15) is 35.2 Å². The number of carbonyl (C=O) groups is 4. The van der Waals surface area contributed by atoms with E-state index in [0.717, 1.165) is 5.56 Å². The van der Waals surface area contributed by atoms with E-state index < -0.39 is 11.9 Å². The second kappa shape index (κ2) is 9.87. The number of likely N-dealkylation sites (N-methyl/N-ethyl adjacent to an activating group) is 1. The van der Waals surface area contributed by atoms with Crippen molar-refractivity contribution >= 4 is 23.7 Å². The molecule has 0 aliphatic carbocycles. The zero-order valence-corrected chi connectivity index (χ0v) is 16.3. The molecule has 1 aliphatic heterocycles. The molecule has 1 unspecified atom stereocenters. The molecule has 1 aromatic carbocycles. The Morgan fingerprint density at radius 1 is 1.29 bits per heavy atom. The number of amides is 3. The minimum Gasteiger partial charge on any atom is -0.481 e. The standard InChI is InChI=1S/C20H27N3O5/c1-21-19(26)15-6-3-5-14(11-15)8-9-17(24)22(2)13-18(25)23-10-4-7-16(12-23)20(27)28/h3,5-6,11,16H,4,7-10,12-13H2,1-2H3,(H,21,26)(H,27,28). The van der Waals surface area contributed by atoms with Gasteiger partial charge < -0.3 is 20.2 Å². The summed E-state index contributed by atoms with van der Waals surface area (Å²) < 4.78 is 0. The molecule has 0 spiro atoms. The van der Waals surface area contributed by atoms with Gasteiger partial charge in [-0.15, -0.1) is 0 Å². The van der Waals surface area contributed by atoms with Crippen LogP contribution in [-0.2, 0) is 20.8 Å². The van der Waals surface area contributed by atoms with Crippen molar-refractivity contribution in [2.45, 2.75) is 25.7 Å². The lowest BCUT2D eigenvalue weighted by Crippen LogP contribution is -2.46. The number of likely N-dealkylation sites (tertiary alicyclic amines) is 1. The molecule has 0 aromatic heterocycles. The van der Waals surface area contributed by atoms with E-state index in [0.29, 0.717) is 31.4 Å². The fraction of sp³-hybridized carbons (Fsp3) is 0.500. The molecule has 8 heteroatoms. The first kappa shape index (κ1) is 21.4. The summed E-state index contributed by atoms with van der Waals surface area (Å²) in [4.78, 5) is 50.5. The number of carbonyl (C=O) groups excluding carboxylic acids is 3. The number of piperidine rings is 1. The van der Waals surface area contributed by atoms with Gasteiger partial charge >= 0.3 is 5.97 Å². The summed E-state index contributed by atoms with van der Waals surface area (Å²) in [5.41, 5.74) is 1.41. The average Bonchev–Trinajstić information content (AvgIpc) is 2.71. The Balaban J connectivity index is 1.85. The highest BCUT2D eigenvalue weighted by Gasteiger charge is 2.28.